The fourth-order valence-electron chi connectivity index (χ4n) is 0.0745. The van der Waals surface area contributed by atoms with E-state index in [9.17, 15) is 0 Å². The van der Waals surface area contributed by atoms with E-state index in [4.69, 9.17) is 5.73 Å². The monoisotopic (exact) mass is 90.0 g/mol. The Kier molecular flexibility index (Phi) is 3.82. The van der Waals surface area contributed by atoms with Crippen molar-refractivity contribution in [1.29, 1.82) is 0 Å². The molecule has 0 saturated heterocycles. The fourth-order valence-corrected chi connectivity index (χ4v) is 0.224. The van der Waals surface area contributed by atoms with Gasteiger partial charge in [-0.05, 0) is 15.4 Å². The maximum absolute atomic E-state index is 4.85. The van der Waals surface area contributed by atoms with Gasteiger partial charge in [0.2, 0.25) is 0 Å². The molecule has 0 fully saturated rings. The van der Waals surface area contributed by atoms with Crippen LogP contribution in [0.2, 0.25) is 0 Å². The molecule has 2 nitrogen and oxygen atoms in total. The van der Waals surface area contributed by atoms with Gasteiger partial charge in [0.15, 0.2) is 0 Å². The fraction of sp³-hybridized carbons (Fsp3) is 0.500. The van der Waals surface area contributed by atoms with Gasteiger partial charge in [0.05, 0.1) is 6.34 Å². The first-order valence-electron chi connectivity index (χ1n) is 1.32. The third-order valence-electron chi connectivity index (χ3n) is 0.204. The number of rotatable bonds is 1. The molecule has 0 aliphatic heterocycles. The summed E-state index contributed by atoms with van der Waals surface area (Å²) in [7, 11) is 0.602. The maximum atomic E-state index is 4.85. The minimum absolute atomic E-state index is 0.602. The molecule has 0 spiro atoms. The highest BCUT2D eigenvalue weighted by molar-refractivity contribution is 7.35. The van der Waals surface area contributed by atoms with Crippen LogP contribution in [0.25, 0.3) is 0 Å². The molecule has 0 amide bonds. The molecule has 30 valence electrons. The first kappa shape index (κ1) is 4.90. The lowest BCUT2D eigenvalue weighted by Gasteiger charge is -1.68. The van der Waals surface area contributed by atoms with E-state index in [1.165, 1.54) is 6.34 Å². The van der Waals surface area contributed by atoms with E-state index in [1.807, 2.05) is 6.66 Å². The lowest BCUT2D eigenvalue weighted by Crippen LogP contribution is -1.83. The Hall–Kier alpha value is -0.100. The summed E-state index contributed by atoms with van der Waals surface area (Å²) < 4.78 is 3.65. The molecule has 1 unspecified atom stereocenters. The Bertz CT molecular complexity index is 34.6. The molecule has 0 aliphatic rings. The second kappa shape index (κ2) is 3.90. The first-order valence-corrected chi connectivity index (χ1v) is 2.76. The molecule has 0 radical (unpaired) electrons. The summed E-state index contributed by atoms with van der Waals surface area (Å²) in [6, 6.07) is 0. The highest BCUT2D eigenvalue weighted by atomic mass is 31.1. The average molecular weight is 90.1 g/mol. The molecule has 2 N–H and O–H groups in total. The van der Waals surface area contributed by atoms with Crippen LogP contribution in [-0.4, -0.2) is 13.0 Å². The summed E-state index contributed by atoms with van der Waals surface area (Å²) in [5.41, 5.74) is 4.85. The zero-order valence-corrected chi connectivity index (χ0v) is 4.10. The quantitative estimate of drug-likeness (QED) is 0.279. The Morgan fingerprint density at radius 1 is 2.00 bits per heavy atom. The van der Waals surface area contributed by atoms with Crippen LogP contribution in [0.1, 0.15) is 0 Å². The van der Waals surface area contributed by atoms with Crippen molar-refractivity contribution in [2.24, 2.45) is 10.5 Å². The van der Waals surface area contributed by atoms with Gasteiger partial charge in [0.1, 0.15) is 0 Å². The molecule has 0 heterocycles. The van der Waals surface area contributed by atoms with Crippen molar-refractivity contribution in [3.05, 3.63) is 0 Å². The van der Waals surface area contributed by atoms with Gasteiger partial charge in [0.25, 0.3) is 0 Å². The molecule has 3 heteroatoms. The van der Waals surface area contributed by atoms with E-state index in [0.717, 1.165) is 0 Å². The van der Waals surface area contributed by atoms with E-state index in [1.54, 1.807) is 0 Å². The summed E-state index contributed by atoms with van der Waals surface area (Å²) in [6.45, 7) is 1.96. The topological polar surface area (TPSA) is 38.4 Å². The highest BCUT2D eigenvalue weighted by Gasteiger charge is 1.50. The van der Waals surface area contributed by atoms with Crippen LogP contribution in [0.3, 0.4) is 0 Å². The normalized spacial score (nSPS) is 12.2. The zero-order chi connectivity index (χ0) is 4.12. The standard InChI is InChI=1S/C2H7N2P/c1-5-4-2-3/h2,5H,1H3,(H2,3,4). The van der Waals surface area contributed by atoms with Crippen LogP contribution in [0, 0.1) is 0 Å². The number of hydrogen-bond acceptors (Lipinski definition) is 1. The lowest BCUT2D eigenvalue weighted by atomic mass is 11.4. The third-order valence-corrected chi connectivity index (χ3v) is 0.611. The van der Waals surface area contributed by atoms with E-state index in [-0.39, 0.29) is 0 Å². The Balaban J connectivity index is 2.62. The van der Waals surface area contributed by atoms with E-state index in [0.29, 0.717) is 8.73 Å². The van der Waals surface area contributed by atoms with Crippen LogP contribution >= 0.6 is 8.73 Å². The van der Waals surface area contributed by atoms with Gasteiger partial charge < -0.3 is 5.73 Å². The SMILES string of the molecule is CPN=CN. The summed E-state index contributed by atoms with van der Waals surface area (Å²) >= 11 is 0. The summed E-state index contributed by atoms with van der Waals surface area (Å²) in [5.74, 6) is 0. The van der Waals surface area contributed by atoms with Crippen molar-refractivity contribution >= 4 is 15.1 Å². The molecule has 5 heavy (non-hydrogen) atoms. The van der Waals surface area contributed by atoms with Crippen LogP contribution in [0.15, 0.2) is 4.76 Å². The van der Waals surface area contributed by atoms with Crippen molar-refractivity contribution in [2.45, 2.75) is 0 Å². The lowest BCUT2D eigenvalue weighted by molar-refractivity contribution is 1.77. The largest absolute Gasteiger partial charge is 0.390 e. The van der Waals surface area contributed by atoms with Crippen molar-refractivity contribution in [3.8, 4) is 0 Å². The Morgan fingerprint density at radius 2 is 2.60 bits per heavy atom. The Morgan fingerprint density at radius 3 is 2.60 bits per heavy atom. The van der Waals surface area contributed by atoms with Crippen LogP contribution < -0.4 is 5.73 Å². The van der Waals surface area contributed by atoms with Gasteiger partial charge in [-0.25, -0.2) is 0 Å². The molecule has 1 atom stereocenters. The molecule has 0 aromatic heterocycles. The molecular formula is C2H7N2P. The summed E-state index contributed by atoms with van der Waals surface area (Å²) in [4.78, 5) is 0. The van der Waals surface area contributed by atoms with E-state index >= 15 is 0 Å². The molecule has 0 aromatic rings. The predicted octanol–water partition coefficient (Wildman–Crippen LogP) is 0.197. The zero-order valence-electron chi connectivity index (χ0n) is 3.10. The second-order valence-electron chi connectivity index (χ2n) is 0.502. The van der Waals surface area contributed by atoms with Crippen LogP contribution in [-0.2, 0) is 0 Å². The second-order valence-corrected chi connectivity index (χ2v) is 1.21. The molecular weight excluding hydrogens is 83.0 g/mol. The van der Waals surface area contributed by atoms with Gasteiger partial charge >= 0.3 is 0 Å². The van der Waals surface area contributed by atoms with Gasteiger partial charge in [0, 0.05) is 0 Å². The highest BCUT2D eigenvalue weighted by Crippen LogP contribution is 1.98. The number of nitrogens with two attached hydrogens (primary N) is 1. The van der Waals surface area contributed by atoms with E-state index in [2.05, 4.69) is 4.76 Å². The van der Waals surface area contributed by atoms with Crippen molar-refractivity contribution in [1.82, 2.24) is 0 Å². The molecule has 0 rings (SSSR count). The van der Waals surface area contributed by atoms with Crippen molar-refractivity contribution < 1.29 is 0 Å². The number of nitrogens with zero attached hydrogens (tertiary/aromatic N) is 1. The molecule has 0 bridgehead atoms. The minimum atomic E-state index is 0.602. The van der Waals surface area contributed by atoms with Gasteiger partial charge in [-0.15, -0.1) is 0 Å². The van der Waals surface area contributed by atoms with Gasteiger partial charge in [-0.2, -0.15) is 0 Å². The van der Waals surface area contributed by atoms with Gasteiger partial charge in [-0.3, -0.25) is 4.76 Å². The van der Waals surface area contributed by atoms with Gasteiger partial charge in [-0.1, -0.05) is 0 Å². The van der Waals surface area contributed by atoms with Crippen molar-refractivity contribution in [3.63, 3.8) is 0 Å². The first-order chi connectivity index (χ1) is 2.41. The molecule has 0 saturated carbocycles. The Labute approximate surface area is 33.3 Å². The van der Waals surface area contributed by atoms with Crippen LogP contribution in [0.4, 0.5) is 0 Å². The van der Waals surface area contributed by atoms with Crippen LogP contribution in [0.5, 0.6) is 0 Å². The number of hydrogen-bond donors (Lipinski definition) is 1. The smallest absolute Gasteiger partial charge is 0.0837 e. The van der Waals surface area contributed by atoms with Crippen molar-refractivity contribution in [2.75, 3.05) is 6.66 Å². The summed E-state index contributed by atoms with van der Waals surface area (Å²) in [5, 5.41) is 0. The van der Waals surface area contributed by atoms with E-state index < -0.39 is 0 Å². The third kappa shape index (κ3) is 3.90. The summed E-state index contributed by atoms with van der Waals surface area (Å²) in [6.07, 6.45) is 1.32. The minimum Gasteiger partial charge on any atom is -0.390 e. The maximum Gasteiger partial charge on any atom is 0.0837 e. The molecule has 0 aromatic carbocycles. The average Bonchev–Trinajstić information content (AvgIpc) is 1.41. The molecule has 0 aliphatic carbocycles. The predicted molar refractivity (Wildman–Crippen MR) is 26.9 cm³/mol.